The summed E-state index contributed by atoms with van der Waals surface area (Å²) in [6, 6.07) is 23.8. The summed E-state index contributed by atoms with van der Waals surface area (Å²) in [7, 11) is -3.93. The van der Waals surface area contributed by atoms with E-state index in [9.17, 15) is 13.2 Å². The molecule has 0 fully saturated rings. The lowest BCUT2D eigenvalue weighted by molar-refractivity contribution is -0.121. The largest absolute Gasteiger partial charge is 0.355 e. The quantitative estimate of drug-likeness (QED) is 0.266. The molecule has 3 aromatic rings. The minimum absolute atomic E-state index is 0.0950. The summed E-state index contributed by atoms with van der Waals surface area (Å²) >= 11 is 6.31. The molecule has 0 aromatic heterocycles. The van der Waals surface area contributed by atoms with Gasteiger partial charge in [0.2, 0.25) is 15.9 Å². The van der Waals surface area contributed by atoms with E-state index >= 15 is 0 Å². The van der Waals surface area contributed by atoms with Crippen molar-refractivity contribution in [2.45, 2.75) is 43.4 Å². The second-order valence-corrected chi connectivity index (χ2v) is 11.5. The molecular weight excluding hydrogens is 506 g/mol. The Hall–Kier alpha value is -2.71. The zero-order valence-corrected chi connectivity index (χ0v) is 22.8. The molecular formula is C29H36ClN3O3S. The van der Waals surface area contributed by atoms with Crippen molar-refractivity contribution >= 4 is 27.5 Å². The highest BCUT2D eigenvalue weighted by Crippen LogP contribution is 2.29. The van der Waals surface area contributed by atoms with Crippen LogP contribution in [0.1, 0.15) is 44.1 Å². The van der Waals surface area contributed by atoms with Gasteiger partial charge in [-0.2, -0.15) is 4.31 Å². The van der Waals surface area contributed by atoms with Crippen molar-refractivity contribution in [2.75, 3.05) is 26.2 Å². The Labute approximate surface area is 225 Å². The van der Waals surface area contributed by atoms with Gasteiger partial charge >= 0.3 is 0 Å². The lowest BCUT2D eigenvalue weighted by Gasteiger charge is -2.25. The Balaban J connectivity index is 1.77. The Morgan fingerprint density at radius 3 is 2.24 bits per heavy atom. The highest BCUT2D eigenvalue weighted by atomic mass is 35.5. The number of nitrogens with zero attached hydrogens (tertiary/aromatic N) is 1. The molecule has 8 heteroatoms. The number of amides is 1. The molecule has 3 rings (SSSR count). The molecule has 3 aromatic carbocycles. The third kappa shape index (κ3) is 8.40. The number of carbonyl (C=O) groups is 1. The van der Waals surface area contributed by atoms with Crippen LogP contribution in [0.5, 0.6) is 0 Å². The molecule has 0 aliphatic rings. The van der Waals surface area contributed by atoms with Crippen LogP contribution in [0.4, 0.5) is 0 Å². The first-order chi connectivity index (χ1) is 17.8. The van der Waals surface area contributed by atoms with Crippen LogP contribution in [0.2, 0.25) is 5.02 Å². The van der Waals surface area contributed by atoms with Gasteiger partial charge in [0.1, 0.15) is 0 Å². The zero-order chi connectivity index (χ0) is 26.7. The van der Waals surface area contributed by atoms with Gasteiger partial charge in [-0.05, 0) is 54.6 Å². The third-order valence-corrected chi connectivity index (χ3v) is 8.45. The molecule has 0 unspecified atom stereocenters. The van der Waals surface area contributed by atoms with Crippen molar-refractivity contribution in [3.63, 3.8) is 0 Å². The van der Waals surface area contributed by atoms with Crippen molar-refractivity contribution in [1.29, 1.82) is 0 Å². The van der Waals surface area contributed by atoms with Crippen LogP contribution < -0.4 is 11.1 Å². The summed E-state index contributed by atoms with van der Waals surface area (Å²) in [4.78, 5) is 12.9. The number of nitrogens with two attached hydrogens (primary N) is 1. The number of hydrogen-bond acceptors (Lipinski definition) is 4. The Kier molecular flexibility index (Phi) is 11.1. The first-order valence-electron chi connectivity index (χ1n) is 12.7. The number of unbranched alkanes of at least 4 members (excludes halogenated alkanes) is 3. The van der Waals surface area contributed by atoms with Gasteiger partial charge in [-0.25, -0.2) is 8.42 Å². The summed E-state index contributed by atoms with van der Waals surface area (Å²) in [6.07, 6.45) is 3.79. The summed E-state index contributed by atoms with van der Waals surface area (Å²) in [6.45, 7) is 3.08. The van der Waals surface area contributed by atoms with Crippen LogP contribution in [0.3, 0.4) is 0 Å². The third-order valence-electron chi connectivity index (χ3n) is 6.30. The van der Waals surface area contributed by atoms with E-state index in [1.807, 2.05) is 55.5 Å². The van der Waals surface area contributed by atoms with E-state index in [0.29, 0.717) is 18.1 Å². The number of rotatable bonds is 14. The van der Waals surface area contributed by atoms with E-state index in [1.54, 1.807) is 30.3 Å². The van der Waals surface area contributed by atoms with Gasteiger partial charge in [0.05, 0.1) is 11.4 Å². The maximum Gasteiger partial charge on any atom is 0.243 e. The number of nitrogens with one attached hydrogen (secondary N) is 1. The predicted octanol–water partition coefficient (Wildman–Crippen LogP) is 5.44. The van der Waals surface area contributed by atoms with E-state index in [2.05, 4.69) is 5.32 Å². The van der Waals surface area contributed by atoms with Gasteiger partial charge in [-0.15, -0.1) is 0 Å². The summed E-state index contributed by atoms with van der Waals surface area (Å²) in [5, 5.41) is 3.47. The topological polar surface area (TPSA) is 92.5 Å². The predicted molar refractivity (Wildman–Crippen MR) is 151 cm³/mol. The summed E-state index contributed by atoms with van der Waals surface area (Å²) in [5.74, 6) is -0.405. The van der Waals surface area contributed by atoms with Gasteiger partial charge in [-0.1, -0.05) is 92.0 Å². The normalized spacial score (nSPS) is 12.4. The fourth-order valence-corrected chi connectivity index (χ4v) is 5.89. The van der Waals surface area contributed by atoms with Crippen molar-refractivity contribution in [1.82, 2.24) is 9.62 Å². The number of sulfonamides is 1. The molecule has 0 radical (unpaired) electrons. The maximum absolute atomic E-state index is 13.7. The number of benzene rings is 3. The monoisotopic (exact) mass is 541 g/mol. The molecule has 1 atom stereocenters. The second-order valence-electron chi connectivity index (χ2n) is 9.17. The molecule has 3 N–H and O–H groups in total. The molecule has 6 nitrogen and oxygen atoms in total. The molecule has 198 valence electrons. The minimum Gasteiger partial charge on any atom is -0.355 e. The molecule has 0 bridgehead atoms. The van der Waals surface area contributed by atoms with Crippen molar-refractivity contribution in [3.8, 4) is 11.1 Å². The van der Waals surface area contributed by atoms with Crippen LogP contribution in [0.25, 0.3) is 11.1 Å². The SMILES string of the molecule is C[C@@H](CN(CC(=O)NCCCCCCN)S(=O)(=O)c1ccc(-c2ccccc2Cl)cc1)c1ccccc1. The molecule has 0 heterocycles. The molecule has 0 spiro atoms. The number of hydrogen-bond donors (Lipinski definition) is 2. The van der Waals surface area contributed by atoms with Gasteiger partial charge < -0.3 is 11.1 Å². The molecule has 1 amide bonds. The van der Waals surface area contributed by atoms with Crippen LogP contribution in [-0.4, -0.2) is 44.8 Å². The average Bonchev–Trinajstić information content (AvgIpc) is 2.91. The van der Waals surface area contributed by atoms with Crippen LogP contribution in [0, 0.1) is 0 Å². The molecule has 0 aliphatic heterocycles. The van der Waals surface area contributed by atoms with E-state index in [-0.39, 0.29) is 29.8 Å². The number of carbonyl (C=O) groups excluding carboxylic acids is 1. The zero-order valence-electron chi connectivity index (χ0n) is 21.3. The van der Waals surface area contributed by atoms with E-state index in [0.717, 1.165) is 42.4 Å². The molecule has 0 saturated carbocycles. The van der Waals surface area contributed by atoms with Gasteiger partial charge in [0, 0.05) is 23.7 Å². The van der Waals surface area contributed by atoms with Gasteiger partial charge in [0.25, 0.3) is 0 Å². The second kappa shape index (κ2) is 14.3. The van der Waals surface area contributed by atoms with Gasteiger partial charge in [-0.3, -0.25) is 4.79 Å². The molecule has 37 heavy (non-hydrogen) atoms. The lowest BCUT2D eigenvalue weighted by Crippen LogP contribution is -2.42. The van der Waals surface area contributed by atoms with Crippen LogP contribution in [-0.2, 0) is 14.8 Å². The average molecular weight is 542 g/mol. The smallest absolute Gasteiger partial charge is 0.243 e. The number of halogens is 1. The summed E-state index contributed by atoms with van der Waals surface area (Å²) < 4.78 is 28.7. The fraction of sp³-hybridized carbons (Fsp3) is 0.345. The van der Waals surface area contributed by atoms with Crippen molar-refractivity contribution < 1.29 is 13.2 Å². The Bertz CT molecular complexity index is 1230. The fourth-order valence-electron chi connectivity index (χ4n) is 4.16. The van der Waals surface area contributed by atoms with Crippen molar-refractivity contribution in [3.05, 3.63) is 89.4 Å². The van der Waals surface area contributed by atoms with Crippen LogP contribution >= 0.6 is 11.6 Å². The molecule has 0 saturated heterocycles. The summed E-state index contributed by atoms with van der Waals surface area (Å²) in [5.41, 5.74) is 8.18. The maximum atomic E-state index is 13.7. The Morgan fingerprint density at radius 1 is 0.919 bits per heavy atom. The van der Waals surface area contributed by atoms with Gasteiger partial charge in [0.15, 0.2) is 0 Å². The molecule has 0 aliphatic carbocycles. The standard InChI is InChI=1S/C29H36ClN3O3S/c1-23(24-11-5-4-6-12-24)21-33(22-29(34)32-20-10-3-2-9-19-31)37(35,36)26-17-15-25(16-18-26)27-13-7-8-14-28(27)30/h4-8,11-18,23H,2-3,9-10,19-22,31H2,1H3,(H,32,34)/t23-/m0/s1. The van der Waals surface area contributed by atoms with E-state index in [4.69, 9.17) is 17.3 Å². The van der Waals surface area contributed by atoms with Crippen LogP contribution in [0.15, 0.2) is 83.8 Å². The highest BCUT2D eigenvalue weighted by Gasteiger charge is 2.28. The Morgan fingerprint density at radius 2 is 1.57 bits per heavy atom. The van der Waals surface area contributed by atoms with Crippen molar-refractivity contribution in [2.24, 2.45) is 5.73 Å². The first kappa shape index (κ1) is 28.9. The van der Waals surface area contributed by atoms with E-state index < -0.39 is 10.0 Å². The first-order valence-corrected chi connectivity index (χ1v) is 14.5. The van der Waals surface area contributed by atoms with E-state index in [1.165, 1.54) is 4.31 Å². The highest BCUT2D eigenvalue weighted by molar-refractivity contribution is 7.89. The lowest BCUT2D eigenvalue weighted by atomic mass is 10.0. The minimum atomic E-state index is -3.93.